The molecule has 1 aromatic rings. The molecule has 2 N–H and O–H groups in total. The Morgan fingerprint density at radius 2 is 2.00 bits per heavy atom. The highest BCUT2D eigenvalue weighted by Crippen LogP contribution is 2.23. The number of nitrogens with zero attached hydrogens (tertiary/aromatic N) is 1. The fourth-order valence-corrected chi connectivity index (χ4v) is 1.92. The van der Waals surface area contributed by atoms with Gasteiger partial charge in [0, 0.05) is 23.2 Å². The van der Waals surface area contributed by atoms with Crippen molar-refractivity contribution < 1.29 is 9.72 Å². The highest BCUT2D eigenvalue weighted by molar-refractivity contribution is 5.78. The molecular formula is C15H23N3O3. The van der Waals surface area contributed by atoms with Gasteiger partial charge in [-0.1, -0.05) is 12.1 Å². The second kappa shape index (κ2) is 6.67. The lowest BCUT2D eigenvalue weighted by Gasteiger charge is -2.21. The van der Waals surface area contributed by atoms with Gasteiger partial charge in [-0.3, -0.25) is 14.9 Å². The van der Waals surface area contributed by atoms with Crippen LogP contribution >= 0.6 is 0 Å². The number of carbonyl (C=O) groups is 1. The van der Waals surface area contributed by atoms with E-state index in [1.807, 2.05) is 33.8 Å². The third-order valence-corrected chi connectivity index (χ3v) is 3.01. The number of nitro benzene ring substituents is 1. The molecule has 0 aliphatic rings. The van der Waals surface area contributed by atoms with Gasteiger partial charge in [0.1, 0.15) is 0 Å². The molecule has 116 valence electrons. The molecule has 6 nitrogen and oxygen atoms in total. The van der Waals surface area contributed by atoms with Gasteiger partial charge in [0.15, 0.2) is 0 Å². The Labute approximate surface area is 125 Å². The molecule has 0 aromatic heterocycles. The Kier molecular flexibility index (Phi) is 5.43. The second-order valence-electron chi connectivity index (χ2n) is 6.20. The van der Waals surface area contributed by atoms with Crippen LogP contribution in [0, 0.1) is 17.0 Å². The van der Waals surface area contributed by atoms with E-state index in [-0.39, 0.29) is 29.7 Å². The molecule has 1 amide bonds. The second-order valence-corrected chi connectivity index (χ2v) is 6.20. The third-order valence-electron chi connectivity index (χ3n) is 3.01. The minimum atomic E-state index is -0.391. The van der Waals surface area contributed by atoms with Gasteiger partial charge in [-0.05, 0) is 40.2 Å². The lowest BCUT2D eigenvalue weighted by Crippen LogP contribution is -2.45. The van der Waals surface area contributed by atoms with E-state index >= 15 is 0 Å². The van der Waals surface area contributed by atoms with Crippen LogP contribution in [-0.2, 0) is 4.79 Å². The van der Waals surface area contributed by atoms with Crippen LogP contribution < -0.4 is 10.6 Å². The molecule has 0 spiro atoms. The molecule has 0 saturated carbocycles. The van der Waals surface area contributed by atoms with E-state index in [1.165, 1.54) is 0 Å². The maximum Gasteiger partial charge on any atom is 0.272 e. The monoisotopic (exact) mass is 293 g/mol. The van der Waals surface area contributed by atoms with Gasteiger partial charge in [-0.25, -0.2) is 0 Å². The lowest BCUT2D eigenvalue weighted by molar-refractivity contribution is -0.385. The Hall–Kier alpha value is -1.95. The largest absolute Gasteiger partial charge is 0.350 e. The van der Waals surface area contributed by atoms with Crippen LogP contribution in [0.3, 0.4) is 0 Å². The zero-order valence-electron chi connectivity index (χ0n) is 13.2. The summed E-state index contributed by atoms with van der Waals surface area (Å²) in [4.78, 5) is 22.3. The zero-order chi connectivity index (χ0) is 16.2. The number of hydrogen-bond acceptors (Lipinski definition) is 4. The van der Waals surface area contributed by atoms with Crippen molar-refractivity contribution in [3.63, 3.8) is 0 Å². The fourth-order valence-electron chi connectivity index (χ4n) is 1.92. The summed E-state index contributed by atoms with van der Waals surface area (Å²) in [6.45, 7) is 9.49. The van der Waals surface area contributed by atoms with E-state index in [4.69, 9.17) is 0 Å². The van der Waals surface area contributed by atoms with Gasteiger partial charge < -0.3 is 10.6 Å². The maximum atomic E-state index is 11.7. The number of nitro groups is 1. The number of aryl methyl sites for hydroxylation is 1. The summed E-state index contributed by atoms with van der Waals surface area (Å²) in [7, 11) is 0. The van der Waals surface area contributed by atoms with Crippen LogP contribution in [0.2, 0.25) is 0 Å². The molecule has 0 aliphatic carbocycles. The first-order chi connectivity index (χ1) is 9.60. The van der Waals surface area contributed by atoms with Crippen LogP contribution in [0.5, 0.6) is 0 Å². The Bertz CT molecular complexity index is 535. The number of nitrogens with one attached hydrogen (secondary N) is 2. The van der Waals surface area contributed by atoms with E-state index in [2.05, 4.69) is 10.6 Å². The molecule has 0 saturated heterocycles. The van der Waals surface area contributed by atoms with E-state index in [9.17, 15) is 14.9 Å². The normalized spacial score (nSPS) is 12.8. The van der Waals surface area contributed by atoms with Crippen molar-refractivity contribution >= 4 is 11.6 Å². The predicted molar refractivity (Wildman–Crippen MR) is 82.1 cm³/mol. The van der Waals surface area contributed by atoms with E-state index < -0.39 is 4.92 Å². The SMILES string of the molecule is Cc1ccc(C(C)NCC(=O)NC(C)(C)C)cc1[N+](=O)[O-]. The molecule has 0 bridgehead atoms. The van der Waals surface area contributed by atoms with Gasteiger partial charge in [0.25, 0.3) is 5.69 Å². The summed E-state index contributed by atoms with van der Waals surface area (Å²) in [6.07, 6.45) is 0. The zero-order valence-corrected chi connectivity index (χ0v) is 13.2. The average molecular weight is 293 g/mol. The highest BCUT2D eigenvalue weighted by Gasteiger charge is 2.16. The molecule has 1 unspecified atom stereocenters. The molecule has 1 rings (SSSR count). The molecule has 0 aliphatic heterocycles. The molecule has 0 fully saturated rings. The Balaban J connectivity index is 2.68. The van der Waals surface area contributed by atoms with Crippen molar-refractivity contribution in [2.75, 3.05) is 6.54 Å². The van der Waals surface area contributed by atoms with Gasteiger partial charge in [0.2, 0.25) is 5.91 Å². The predicted octanol–water partition coefficient (Wildman–Crippen LogP) is 2.47. The topological polar surface area (TPSA) is 84.3 Å². The molecule has 21 heavy (non-hydrogen) atoms. The van der Waals surface area contributed by atoms with Crippen molar-refractivity contribution in [3.8, 4) is 0 Å². The van der Waals surface area contributed by atoms with Crippen LogP contribution in [0.1, 0.15) is 44.9 Å². The molecule has 1 aromatic carbocycles. The summed E-state index contributed by atoms with van der Waals surface area (Å²) in [5.74, 6) is -0.101. The summed E-state index contributed by atoms with van der Waals surface area (Å²) in [5, 5.41) is 16.9. The summed E-state index contributed by atoms with van der Waals surface area (Å²) >= 11 is 0. The highest BCUT2D eigenvalue weighted by atomic mass is 16.6. The maximum absolute atomic E-state index is 11.7. The Morgan fingerprint density at radius 1 is 1.38 bits per heavy atom. The summed E-state index contributed by atoms with van der Waals surface area (Å²) < 4.78 is 0. The van der Waals surface area contributed by atoms with Crippen molar-refractivity contribution in [2.45, 2.75) is 46.2 Å². The van der Waals surface area contributed by atoms with Gasteiger partial charge in [-0.15, -0.1) is 0 Å². The van der Waals surface area contributed by atoms with Gasteiger partial charge >= 0.3 is 0 Å². The smallest absolute Gasteiger partial charge is 0.272 e. The van der Waals surface area contributed by atoms with Gasteiger partial charge in [0.05, 0.1) is 11.5 Å². The third kappa shape index (κ3) is 5.51. The van der Waals surface area contributed by atoms with Crippen LogP contribution in [0.4, 0.5) is 5.69 Å². The first-order valence-electron chi connectivity index (χ1n) is 6.89. The fraction of sp³-hybridized carbons (Fsp3) is 0.533. The quantitative estimate of drug-likeness (QED) is 0.645. The van der Waals surface area contributed by atoms with Crippen LogP contribution in [-0.4, -0.2) is 22.9 Å². The number of amides is 1. The molecule has 0 radical (unpaired) electrons. The minimum absolute atomic E-state index is 0.0975. The number of benzene rings is 1. The lowest BCUT2D eigenvalue weighted by atomic mass is 10.0. The van der Waals surface area contributed by atoms with E-state index in [0.29, 0.717) is 5.56 Å². The van der Waals surface area contributed by atoms with Crippen LogP contribution in [0.25, 0.3) is 0 Å². The number of hydrogen-bond donors (Lipinski definition) is 2. The molecule has 6 heteroatoms. The van der Waals surface area contributed by atoms with Crippen molar-refractivity contribution in [2.24, 2.45) is 0 Å². The standard InChI is InChI=1S/C15H23N3O3/c1-10-6-7-12(8-13(10)18(20)21)11(2)16-9-14(19)17-15(3,4)5/h6-8,11,16H,9H2,1-5H3,(H,17,19). The average Bonchev–Trinajstić information content (AvgIpc) is 2.34. The van der Waals surface area contributed by atoms with E-state index in [0.717, 1.165) is 5.56 Å². The van der Waals surface area contributed by atoms with Crippen molar-refractivity contribution in [3.05, 3.63) is 39.4 Å². The first kappa shape index (κ1) is 17.1. The number of carbonyl (C=O) groups excluding carboxylic acids is 1. The molecule has 0 heterocycles. The molecular weight excluding hydrogens is 270 g/mol. The minimum Gasteiger partial charge on any atom is -0.350 e. The molecule has 1 atom stereocenters. The first-order valence-corrected chi connectivity index (χ1v) is 6.89. The van der Waals surface area contributed by atoms with Gasteiger partial charge in [-0.2, -0.15) is 0 Å². The van der Waals surface area contributed by atoms with Crippen LogP contribution in [0.15, 0.2) is 18.2 Å². The summed E-state index contributed by atoms with van der Waals surface area (Å²) in [6, 6.07) is 4.96. The Morgan fingerprint density at radius 3 is 2.52 bits per heavy atom. The van der Waals surface area contributed by atoms with E-state index in [1.54, 1.807) is 19.1 Å². The number of rotatable bonds is 5. The van der Waals surface area contributed by atoms with Crippen molar-refractivity contribution in [1.29, 1.82) is 0 Å². The van der Waals surface area contributed by atoms with Crippen molar-refractivity contribution in [1.82, 2.24) is 10.6 Å². The summed E-state index contributed by atoms with van der Waals surface area (Å²) in [5.41, 5.74) is 1.24.